The first-order valence-corrected chi connectivity index (χ1v) is 13.2. The zero-order valence-corrected chi connectivity index (χ0v) is 22.9. The molecule has 3 heterocycles. The fourth-order valence-corrected chi connectivity index (χ4v) is 4.72. The Morgan fingerprint density at radius 3 is 2.46 bits per heavy atom. The van der Waals surface area contributed by atoms with E-state index in [4.69, 9.17) is 4.74 Å². The number of rotatable bonds is 6. The number of amides is 3. The minimum Gasteiger partial charge on any atom is -0.444 e. The van der Waals surface area contributed by atoms with Gasteiger partial charge in [-0.15, -0.1) is 0 Å². The summed E-state index contributed by atoms with van der Waals surface area (Å²) in [7, 11) is 0. The van der Waals surface area contributed by atoms with E-state index in [1.54, 1.807) is 29.2 Å². The highest BCUT2D eigenvalue weighted by Crippen LogP contribution is 2.30. The number of nitrogens with one attached hydrogen (secondary N) is 3. The summed E-state index contributed by atoms with van der Waals surface area (Å²) in [6.45, 7) is 6.43. The molecule has 2 aliphatic rings. The molecule has 1 saturated heterocycles. The van der Waals surface area contributed by atoms with Crippen molar-refractivity contribution in [2.75, 3.05) is 18.4 Å². The fraction of sp³-hybridized carbons (Fsp3) is 0.345. The van der Waals surface area contributed by atoms with Crippen LogP contribution in [-0.2, 0) is 22.5 Å². The van der Waals surface area contributed by atoms with E-state index in [9.17, 15) is 23.2 Å². The Kier molecular flexibility index (Phi) is 7.57. The average molecular weight is 565 g/mol. The van der Waals surface area contributed by atoms with E-state index in [0.717, 1.165) is 17.7 Å². The fourth-order valence-electron chi connectivity index (χ4n) is 4.72. The summed E-state index contributed by atoms with van der Waals surface area (Å²) in [5.74, 6) is -2.26. The van der Waals surface area contributed by atoms with Crippen LogP contribution in [0.3, 0.4) is 0 Å². The molecule has 1 fully saturated rings. The number of halogens is 2. The largest absolute Gasteiger partial charge is 0.444 e. The zero-order valence-electron chi connectivity index (χ0n) is 22.9. The number of aromatic nitrogens is 2. The van der Waals surface area contributed by atoms with Crippen LogP contribution in [0.1, 0.15) is 48.8 Å². The second-order valence-corrected chi connectivity index (χ2v) is 11.0. The third-order valence-corrected chi connectivity index (χ3v) is 6.60. The number of likely N-dealkylation sites (tertiary alicyclic amines) is 1. The number of fused-ring (bicyclic) bond motifs is 1. The Morgan fingerprint density at radius 1 is 1.07 bits per heavy atom. The number of ether oxygens (including phenoxy) is 1. The Labute approximate surface area is 235 Å². The summed E-state index contributed by atoms with van der Waals surface area (Å²) in [5.41, 5.74) is 0.866. The van der Waals surface area contributed by atoms with E-state index in [0.29, 0.717) is 30.9 Å². The van der Waals surface area contributed by atoms with E-state index < -0.39 is 29.2 Å². The quantitative estimate of drug-likeness (QED) is 0.412. The summed E-state index contributed by atoms with van der Waals surface area (Å²) in [4.78, 5) is 47.5. The number of anilines is 2. The van der Waals surface area contributed by atoms with Gasteiger partial charge in [0, 0.05) is 24.8 Å². The molecule has 0 bridgehead atoms. The van der Waals surface area contributed by atoms with Gasteiger partial charge < -0.3 is 25.6 Å². The van der Waals surface area contributed by atoms with Crippen LogP contribution in [0.25, 0.3) is 11.4 Å². The molecule has 0 saturated carbocycles. The van der Waals surface area contributed by atoms with E-state index in [1.807, 2.05) is 20.8 Å². The van der Waals surface area contributed by atoms with E-state index in [2.05, 4.69) is 25.9 Å². The van der Waals surface area contributed by atoms with E-state index in [1.165, 1.54) is 6.07 Å². The molecule has 214 valence electrons. The first-order chi connectivity index (χ1) is 19.5. The van der Waals surface area contributed by atoms with Crippen LogP contribution >= 0.6 is 0 Å². The molecular weight excluding hydrogens is 534 g/mol. The van der Waals surface area contributed by atoms with Crippen LogP contribution < -0.4 is 16.0 Å². The number of benzene rings is 2. The molecular formula is C29H30F2N6O4. The van der Waals surface area contributed by atoms with Crippen LogP contribution in [0.2, 0.25) is 0 Å². The van der Waals surface area contributed by atoms with Crippen molar-refractivity contribution in [2.45, 2.75) is 51.8 Å². The first-order valence-electron chi connectivity index (χ1n) is 13.2. The van der Waals surface area contributed by atoms with Crippen molar-refractivity contribution < 1.29 is 27.9 Å². The summed E-state index contributed by atoms with van der Waals surface area (Å²) in [6.07, 6.45) is 0.379. The summed E-state index contributed by atoms with van der Waals surface area (Å²) in [5, 5.41) is 8.67. The lowest BCUT2D eigenvalue weighted by molar-refractivity contribution is -0.121. The molecule has 2 aliphatic heterocycles. The Bertz CT molecular complexity index is 1490. The van der Waals surface area contributed by atoms with Gasteiger partial charge in [0.25, 0.3) is 5.91 Å². The van der Waals surface area contributed by atoms with Crippen molar-refractivity contribution in [3.8, 4) is 11.4 Å². The minimum absolute atomic E-state index is 0.110. The van der Waals surface area contributed by atoms with Gasteiger partial charge in [0.15, 0.2) is 5.82 Å². The molecule has 0 radical (unpaired) electrons. The van der Waals surface area contributed by atoms with Crippen LogP contribution in [0.5, 0.6) is 0 Å². The summed E-state index contributed by atoms with van der Waals surface area (Å²) < 4.78 is 34.3. The molecule has 1 atom stereocenters. The monoisotopic (exact) mass is 564 g/mol. The van der Waals surface area contributed by atoms with Gasteiger partial charge in [-0.1, -0.05) is 18.2 Å². The molecule has 0 spiro atoms. The molecule has 3 aromatic rings. The van der Waals surface area contributed by atoms with E-state index in [-0.39, 0.29) is 47.7 Å². The molecule has 10 nitrogen and oxygen atoms in total. The van der Waals surface area contributed by atoms with Crippen molar-refractivity contribution in [3.05, 3.63) is 70.9 Å². The van der Waals surface area contributed by atoms with Gasteiger partial charge in [0.2, 0.25) is 5.91 Å². The normalized spacial score (nSPS) is 16.3. The third-order valence-electron chi connectivity index (χ3n) is 6.60. The predicted octanol–water partition coefficient (Wildman–Crippen LogP) is 4.08. The minimum atomic E-state index is -0.814. The van der Waals surface area contributed by atoms with Crippen LogP contribution in [-0.4, -0.2) is 57.5 Å². The second-order valence-electron chi connectivity index (χ2n) is 11.0. The SMILES string of the molecule is CC(C)(C)OC(=O)N1CC[C@@H](NC(=O)Cc2ccc(Nc3nc(-c4c(F)cccc4F)nc4c3C(=O)NC4)cc2)C1. The standard InChI is InChI=1S/C29H30F2N6O4/c1-29(2,3)41-28(40)37-12-11-18(15-37)33-22(38)13-16-7-9-17(10-8-16)34-26-24-21(14-32-27(24)39)35-25(36-26)23-19(30)5-4-6-20(23)31/h4-10,18H,11-15H2,1-3H3,(H,32,39)(H,33,38)(H,34,35,36)/t18-/m1/s1. The van der Waals surface area contributed by atoms with Crippen LogP contribution in [0, 0.1) is 11.6 Å². The Balaban J connectivity index is 1.24. The molecule has 0 aliphatic carbocycles. The number of carbonyl (C=O) groups is 3. The average Bonchev–Trinajstić information content (AvgIpc) is 3.51. The maximum absolute atomic E-state index is 14.4. The molecule has 41 heavy (non-hydrogen) atoms. The van der Waals surface area contributed by atoms with Crippen molar-refractivity contribution >= 4 is 29.4 Å². The van der Waals surface area contributed by atoms with Crippen LogP contribution in [0.15, 0.2) is 42.5 Å². The number of nitrogens with zero attached hydrogens (tertiary/aromatic N) is 3. The van der Waals surface area contributed by atoms with Gasteiger partial charge in [-0.25, -0.2) is 23.5 Å². The predicted molar refractivity (Wildman–Crippen MR) is 146 cm³/mol. The first kappa shape index (κ1) is 27.9. The topological polar surface area (TPSA) is 126 Å². The highest BCUT2D eigenvalue weighted by Gasteiger charge is 2.31. The zero-order chi connectivity index (χ0) is 29.3. The van der Waals surface area contributed by atoms with Crippen molar-refractivity contribution in [2.24, 2.45) is 0 Å². The second kappa shape index (κ2) is 11.1. The summed E-state index contributed by atoms with van der Waals surface area (Å²) >= 11 is 0. The van der Waals surface area contributed by atoms with Gasteiger partial charge >= 0.3 is 6.09 Å². The summed E-state index contributed by atoms with van der Waals surface area (Å²) in [6, 6.07) is 10.3. The molecule has 2 aromatic carbocycles. The lowest BCUT2D eigenvalue weighted by Crippen LogP contribution is -2.40. The van der Waals surface area contributed by atoms with Crippen molar-refractivity contribution in [1.82, 2.24) is 25.5 Å². The maximum Gasteiger partial charge on any atom is 0.410 e. The van der Waals surface area contributed by atoms with Crippen LogP contribution in [0.4, 0.5) is 25.1 Å². The maximum atomic E-state index is 14.4. The van der Waals surface area contributed by atoms with Gasteiger partial charge in [-0.2, -0.15) is 0 Å². The lowest BCUT2D eigenvalue weighted by atomic mass is 10.1. The van der Waals surface area contributed by atoms with Gasteiger partial charge in [-0.3, -0.25) is 9.59 Å². The molecule has 12 heteroatoms. The highest BCUT2D eigenvalue weighted by molar-refractivity contribution is 6.03. The molecule has 0 unspecified atom stereocenters. The van der Waals surface area contributed by atoms with Crippen molar-refractivity contribution in [1.29, 1.82) is 0 Å². The Morgan fingerprint density at radius 2 is 1.78 bits per heavy atom. The smallest absolute Gasteiger partial charge is 0.410 e. The Hall–Kier alpha value is -4.61. The molecule has 3 N–H and O–H groups in total. The molecule has 3 amide bonds. The van der Waals surface area contributed by atoms with Gasteiger partial charge in [0.05, 0.1) is 24.2 Å². The number of carbonyl (C=O) groups excluding carboxylic acids is 3. The lowest BCUT2D eigenvalue weighted by Gasteiger charge is -2.24. The van der Waals surface area contributed by atoms with Crippen molar-refractivity contribution in [3.63, 3.8) is 0 Å². The van der Waals surface area contributed by atoms with E-state index >= 15 is 0 Å². The molecule has 5 rings (SSSR count). The highest BCUT2D eigenvalue weighted by atomic mass is 19.1. The van der Waals surface area contributed by atoms with Gasteiger partial charge in [0.1, 0.15) is 28.6 Å². The number of hydrogen-bond donors (Lipinski definition) is 3. The third kappa shape index (κ3) is 6.42. The number of hydrogen-bond acceptors (Lipinski definition) is 7. The van der Waals surface area contributed by atoms with Gasteiger partial charge in [-0.05, 0) is 57.0 Å². The molecule has 1 aromatic heterocycles.